The SMILES string of the molecule is CNC1CCCN(CC(=O)NC2(C#N)CCCCC2)C1. The summed E-state index contributed by atoms with van der Waals surface area (Å²) in [6.45, 7) is 2.32. The van der Waals surface area contributed by atoms with E-state index in [-0.39, 0.29) is 5.91 Å². The number of nitrogens with zero attached hydrogens (tertiary/aromatic N) is 2. The third kappa shape index (κ3) is 3.94. The molecule has 2 aliphatic rings. The highest BCUT2D eigenvalue weighted by Gasteiger charge is 2.34. The lowest BCUT2D eigenvalue weighted by Gasteiger charge is -2.35. The van der Waals surface area contributed by atoms with Gasteiger partial charge in [0.2, 0.25) is 5.91 Å². The maximum atomic E-state index is 12.2. The Kier molecular flexibility index (Phi) is 5.38. The Hall–Kier alpha value is -1.12. The Labute approximate surface area is 121 Å². The minimum atomic E-state index is -0.604. The van der Waals surface area contributed by atoms with Gasteiger partial charge in [-0.15, -0.1) is 0 Å². The van der Waals surface area contributed by atoms with Crippen LogP contribution in [0.2, 0.25) is 0 Å². The van der Waals surface area contributed by atoms with Crippen LogP contribution in [0.25, 0.3) is 0 Å². The number of rotatable bonds is 4. The Morgan fingerprint density at radius 3 is 2.75 bits per heavy atom. The van der Waals surface area contributed by atoms with E-state index in [1.165, 1.54) is 12.8 Å². The largest absolute Gasteiger partial charge is 0.337 e. The van der Waals surface area contributed by atoms with Crippen LogP contribution in [0.5, 0.6) is 0 Å². The number of piperidine rings is 1. The zero-order chi connectivity index (χ0) is 14.4. The van der Waals surface area contributed by atoms with Crippen LogP contribution in [0.4, 0.5) is 0 Å². The molecule has 0 aromatic rings. The fourth-order valence-electron chi connectivity index (χ4n) is 3.36. The first kappa shape index (κ1) is 15.3. The standard InChI is InChI=1S/C15H26N4O/c1-17-13-6-5-9-19(10-13)11-14(20)18-15(12-16)7-3-2-4-8-15/h13,17H,2-11H2,1H3,(H,18,20). The number of likely N-dealkylation sites (tertiary alicyclic amines) is 1. The van der Waals surface area contributed by atoms with Crippen molar-refractivity contribution in [1.29, 1.82) is 5.26 Å². The van der Waals surface area contributed by atoms with Gasteiger partial charge in [-0.25, -0.2) is 0 Å². The van der Waals surface area contributed by atoms with Crippen LogP contribution in [-0.4, -0.2) is 49.1 Å². The third-order valence-electron chi connectivity index (χ3n) is 4.58. The number of carbonyl (C=O) groups excluding carboxylic acids is 1. The molecule has 2 rings (SSSR count). The summed E-state index contributed by atoms with van der Waals surface area (Å²) in [4.78, 5) is 14.4. The normalized spacial score (nSPS) is 26.7. The number of hydrogen-bond donors (Lipinski definition) is 2. The van der Waals surface area contributed by atoms with Gasteiger partial charge in [0.25, 0.3) is 0 Å². The van der Waals surface area contributed by atoms with Crippen molar-refractivity contribution in [3.05, 3.63) is 0 Å². The van der Waals surface area contributed by atoms with Crippen molar-refractivity contribution in [3.8, 4) is 6.07 Å². The van der Waals surface area contributed by atoms with E-state index in [2.05, 4.69) is 21.6 Å². The zero-order valence-corrected chi connectivity index (χ0v) is 12.5. The third-order valence-corrected chi connectivity index (χ3v) is 4.58. The Balaban J connectivity index is 1.83. The molecule has 0 radical (unpaired) electrons. The highest BCUT2D eigenvalue weighted by Crippen LogP contribution is 2.27. The van der Waals surface area contributed by atoms with Crippen molar-refractivity contribution in [2.45, 2.75) is 56.5 Å². The topological polar surface area (TPSA) is 68.2 Å². The van der Waals surface area contributed by atoms with Gasteiger partial charge in [0, 0.05) is 12.6 Å². The van der Waals surface area contributed by atoms with Crippen LogP contribution in [0.3, 0.4) is 0 Å². The van der Waals surface area contributed by atoms with Gasteiger partial charge in [-0.1, -0.05) is 19.3 Å². The summed E-state index contributed by atoms with van der Waals surface area (Å²) >= 11 is 0. The number of nitriles is 1. The number of carbonyl (C=O) groups is 1. The average molecular weight is 278 g/mol. The summed E-state index contributed by atoms with van der Waals surface area (Å²) in [5.41, 5.74) is -0.604. The summed E-state index contributed by atoms with van der Waals surface area (Å²) in [6, 6.07) is 2.83. The molecule has 1 saturated heterocycles. The van der Waals surface area contributed by atoms with Gasteiger partial charge in [0.1, 0.15) is 5.54 Å². The Morgan fingerprint density at radius 2 is 2.10 bits per heavy atom. The summed E-state index contributed by atoms with van der Waals surface area (Å²) < 4.78 is 0. The van der Waals surface area contributed by atoms with E-state index >= 15 is 0 Å². The molecule has 2 N–H and O–H groups in total. The summed E-state index contributed by atoms with van der Waals surface area (Å²) in [5, 5.41) is 15.7. The fourth-order valence-corrected chi connectivity index (χ4v) is 3.36. The van der Waals surface area contributed by atoms with Crippen LogP contribution in [-0.2, 0) is 4.79 Å². The first-order valence-corrected chi connectivity index (χ1v) is 7.79. The number of hydrogen-bond acceptors (Lipinski definition) is 4. The minimum Gasteiger partial charge on any atom is -0.337 e. The molecule has 1 aliphatic heterocycles. The molecule has 5 heteroatoms. The second-order valence-corrected chi connectivity index (χ2v) is 6.17. The molecule has 2 fully saturated rings. The van der Waals surface area contributed by atoms with Gasteiger partial charge in [0.15, 0.2) is 0 Å². The van der Waals surface area contributed by atoms with E-state index in [1.807, 2.05) is 7.05 Å². The first-order valence-electron chi connectivity index (χ1n) is 7.79. The summed E-state index contributed by atoms with van der Waals surface area (Å²) in [5.74, 6) is 0.00482. The summed E-state index contributed by atoms with van der Waals surface area (Å²) in [6.07, 6.45) is 7.16. The zero-order valence-electron chi connectivity index (χ0n) is 12.5. The van der Waals surface area contributed by atoms with Gasteiger partial charge in [-0.2, -0.15) is 5.26 Å². The van der Waals surface area contributed by atoms with E-state index < -0.39 is 5.54 Å². The number of likely N-dealkylation sites (N-methyl/N-ethyl adjacent to an activating group) is 1. The molecular weight excluding hydrogens is 252 g/mol. The molecule has 0 bridgehead atoms. The molecule has 20 heavy (non-hydrogen) atoms. The van der Waals surface area contributed by atoms with E-state index in [1.54, 1.807) is 0 Å². The highest BCUT2D eigenvalue weighted by atomic mass is 16.2. The number of nitrogens with one attached hydrogen (secondary N) is 2. The lowest BCUT2D eigenvalue weighted by molar-refractivity contribution is -0.124. The predicted octanol–water partition coefficient (Wildman–Crippen LogP) is 1.01. The van der Waals surface area contributed by atoms with Gasteiger partial charge in [-0.05, 0) is 39.3 Å². The second-order valence-electron chi connectivity index (χ2n) is 6.17. The van der Waals surface area contributed by atoms with Crippen LogP contribution < -0.4 is 10.6 Å². The minimum absolute atomic E-state index is 0.00482. The Morgan fingerprint density at radius 1 is 1.35 bits per heavy atom. The van der Waals surface area contributed by atoms with Crippen molar-refractivity contribution in [3.63, 3.8) is 0 Å². The van der Waals surface area contributed by atoms with Crippen molar-refractivity contribution in [1.82, 2.24) is 15.5 Å². The van der Waals surface area contributed by atoms with Crippen LogP contribution >= 0.6 is 0 Å². The van der Waals surface area contributed by atoms with Crippen molar-refractivity contribution in [2.24, 2.45) is 0 Å². The predicted molar refractivity (Wildman–Crippen MR) is 78.1 cm³/mol. The molecular formula is C15H26N4O. The fraction of sp³-hybridized carbons (Fsp3) is 0.867. The molecule has 5 nitrogen and oxygen atoms in total. The average Bonchev–Trinajstić information content (AvgIpc) is 2.48. The maximum Gasteiger partial charge on any atom is 0.235 e. The molecule has 112 valence electrons. The molecule has 0 spiro atoms. The molecule has 0 aromatic heterocycles. The van der Waals surface area contributed by atoms with Gasteiger partial charge < -0.3 is 10.6 Å². The lowest BCUT2D eigenvalue weighted by Crippen LogP contribution is -2.53. The smallest absolute Gasteiger partial charge is 0.235 e. The molecule has 1 atom stereocenters. The van der Waals surface area contributed by atoms with Gasteiger partial charge >= 0.3 is 0 Å². The molecule has 1 heterocycles. The molecule has 1 amide bonds. The van der Waals surface area contributed by atoms with Crippen LogP contribution in [0.1, 0.15) is 44.9 Å². The Bertz CT molecular complexity index is 371. The van der Waals surface area contributed by atoms with E-state index in [0.717, 1.165) is 45.2 Å². The van der Waals surface area contributed by atoms with E-state index in [4.69, 9.17) is 0 Å². The quantitative estimate of drug-likeness (QED) is 0.805. The van der Waals surface area contributed by atoms with Crippen LogP contribution in [0, 0.1) is 11.3 Å². The van der Waals surface area contributed by atoms with Crippen molar-refractivity contribution >= 4 is 5.91 Å². The lowest BCUT2D eigenvalue weighted by atomic mass is 9.83. The van der Waals surface area contributed by atoms with Crippen molar-refractivity contribution < 1.29 is 4.79 Å². The monoisotopic (exact) mass is 278 g/mol. The number of amides is 1. The maximum absolute atomic E-state index is 12.2. The molecule has 1 unspecified atom stereocenters. The van der Waals surface area contributed by atoms with E-state index in [0.29, 0.717) is 12.6 Å². The molecule has 0 aromatic carbocycles. The van der Waals surface area contributed by atoms with Crippen LogP contribution in [0.15, 0.2) is 0 Å². The van der Waals surface area contributed by atoms with Gasteiger partial charge in [-0.3, -0.25) is 9.69 Å². The highest BCUT2D eigenvalue weighted by molar-refractivity contribution is 5.79. The molecule has 1 saturated carbocycles. The van der Waals surface area contributed by atoms with E-state index in [9.17, 15) is 10.1 Å². The summed E-state index contributed by atoms with van der Waals surface area (Å²) in [7, 11) is 1.97. The second kappa shape index (κ2) is 7.05. The molecule has 1 aliphatic carbocycles. The van der Waals surface area contributed by atoms with Gasteiger partial charge in [0.05, 0.1) is 12.6 Å². The first-order chi connectivity index (χ1) is 9.67. The van der Waals surface area contributed by atoms with Crippen molar-refractivity contribution in [2.75, 3.05) is 26.7 Å².